The molecule has 6 rings (SSSR count). The number of carbonyl (C=O) groups is 4. The fourth-order valence-corrected chi connectivity index (χ4v) is 5.79. The van der Waals surface area contributed by atoms with Crippen LogP contribution in [0.5, 0.6) is 0 Å². The van der Waals surface area contributed by atoms with E-state index in [-0.39, 0.29) is 41.3 Å². The van der Waals surface area contributed by atoms with Crippen molar-refractivity contribution in [3.63, 3.8) is 0 Å². The molecule has 2 aromatic heterocycles. The predicted molar refractivity (Wildman–Crippen MR) is 187 cm³/mol. The number of anilines is 2. The van der Waals surface area contributed by atoms with Gasteiger partial charge in [-0.2, -0.15) is 10.5 Å². The molecule has 2 aliphatic carbocycles. The van der Waals surface area contributed by atoms with Crippen molar-refractivity contribution in [1.29, 1.82) is 10.5 Å². The van der Waals surface area contributed by atoms with Crippen molar-refractivity contribution in [1.82, 2.24) is 14.7 Å². The Kier molecular flexibility index (Phi) is 12.1. The normalized spacial score (nSPS) is 15.0. The molecule has 0 aromatic carbocycles. The van der Waals surface area contributed by atoms with Gasteiger partial charge in [-0.05, 0) is 63.4 Å². The van der Waals surface area contributed by atoms with Crippen LogP contribution in [0.25, 0.3) is 11.1 Å². The highest BCUT2D eigenvalue weighted by molar-refractivity contribution is 7.89. The van der Waals surface area contributed by atoms with Crippen LogP contribution in [0.1, 0.15) is 63.5 Å². The Balaban J connectivity index is 0.000000201. The van der Waals surface area contributed by atoms with Gasteiger partial charge in [-0.1, -0.05) is 18.2 Å². The number of rotatable bonds is 9. The molecular weight excluding hydrogens is 694 g/mol. The zero-order valence-electron chi connectivity index (χ0n) is 29.2. The number of aryl methyl sites for hydroxylation is 2. The molecule has 4 aliphatic rings. The van der Waals surface area contributed by atoms with E-state index in [2.05, 4.69) is 34.2 Å². The molecular formula is C35H37N7O9S. The number of benzene rings is 1. The maximum atomic E-state index is 12.1. The average molecular weight is 732 g/mol. The topological polar surface area (TPSA) is 233 Å². The summed E-state index contributed by atoms with van der Waals surface area (Å²) in [6, 6.07) is 14.5. The number of sulfonamides is 1. The number of fused-ring (bicyclic) bond motifs is 1. The number of ether oxygens (including phenoxy) is 2. The first-order chi connectivity index (χ1) is 24.6. The summed E-state index contributed by atoms with van der Waals surface area (Å²) in [5.41, 5.74) is 4.47. The van der Waals surface area contributed by atoms with Crippen molar-refractivity contribution in [2.75, 3.05) is 48.9 Å². The third-order valence-electron chi connectivity index (χ3n) is 8.14. The number of carboxylic acid groups (broad SMARTS) is 1. The summed E-state index contributed by atoms with van der Waals surface area (Å²) in [5, 5.41) is 27.4. The largest absolute Gasteiger partial charge is 0.481 e. The zero-order chi connectivity index (χ0) is 38.3. The van der Waals surface area contributed by atoms with Crippen molar-refractivity contribution in [3.8, 4) is 23.3 Å². The lowest BCUT2D eigenvalue weighted by molar-refractivity contribution is -0.142. The lowest BCUT2D eigenvalue weighted by Gasteiger charge is -2.40. The number of aliphatic carboxylic acids is 1. The molecule has 2 aromatic rings. The number of amides is 1. The van der Waals surface area contributed by atoms with Gasteiger partial charge >= 0.3 is 17.9 Å². The van der Waals surface area contributed by atoms with Crippen LogP contribution in [-0.2, 0) is 29.1 Å². The third-order valence-corrected chi connectivity index (χ3v) is 8.71. The average Bonchev–Trinajstić information content (AvgIpc) is 3.63. The molecule has 0 saturated carbocycles. The highest BCUT2D eigenvalue weighted by Gasteiger charge is 2.38. The van der Waals surface area contributed by atoms with Crippen LogP contribution in [-0.4, -0.2) is 92.5 Å². The van der Waals surface area contributed by atoms with Crippen molar-refractivity contribution in [2.24, 2.45) is 5.92 Å². The van der Waals surface area contributed by atoms with Crippen molar-refractivity contribution < 1.29 is 42.2 Å². The van der Waals surface area contributed by atoms with E-state index in [1.54, 1.807) is 37.5 Å². The first-order valence-electron chi connectivity index (χ1n) is 16.2. The zero-order valence-corrected chi connectivity index (χ0v) is 30.0. The van der Waals surface area contributed by atoms with Gasteiger partial charge in [-0.3, -0.25) is 14.3 Å². The second-order valence-corrected chi connectivity index (χ2v) is 13.7. The number of aromatic nitrogens is 2. The minimum absolute atomic E-state index is 0.116. The van der Waals surface area contributed by atoms with Gasteiger partial charge in [0.05, 0.1) is 59.0 Å². The summed E-state index contributed by atoms with van der Waals surface area (Å²) in [7, 11) is -3.67. The number of nitriles is 2. The Bertz CT molecular complexity index is 2080. The van der Waals surface area contributed by atoms with Gasteiger partial charge in [0.15, 0.2) is 0 Å². The molecule has 17 heteroatoms. The number of hydrogen-bond acceptors (Lipinski definition) is 14. The Morgan fingerprint density at radius 1 is 0.904 bits per heavy atom. The third kappa shape index (κ3) is 9.18. The number of esters is 2. The summed E-state index contributed by atoms with van der Waals surface area (Å²) in [5.74, 6) is -2.41. The molecule has 4 heterocycles. The van der Waals surface area contributed by atoms with Gasteiger partial charge in [0.25, 0.3) is 5.91 Å². The molecule has 16 nitrogen and oxygen atoms in total. The quantitative estimate of drug-likeness (QED) is 0.236. The Hall–Kier alpha value is -6.07. The van der Waals surface area contributed by atoms with Crippen molar-refractivity contribution in [2.45, 2.75) is 40.2 Å². The second kappa shape index (κ2) is 16.3. The molecule has 1 unspecified atom stereocenters. The lowest BCUT2D eigenvalue weighted by Crippen LogP contribution is -2.57. The minimum atomic E-state index is -3.67. The van der Waals surface area contributed by atoms with Crippen LogP contribution < -0.4 is 14.5 Å². The number of nitrogens with zero attached hydrogens (tertiary/aromatic N) is 6. The fourth-order valence-electron chi connectivity index (χ4n) is 5.29. The Morgan fingerprint density at radius 3 is 1.77 bits per heavy atom. The SMILES string of the molecule is CCOC(=O)c1cc(C#N)c(N2CC(C(=O)O)C2)nc1C.CCOC(=O)c1cc(C#N)c(N2CCC2C(=O)NS(C)(=O)=O)nc1C.c1cc2cc-2c1. The van der Waals surface area contributed by atoms with Crippen LogP contribution in [0.4, 0.5) is 11.6 Å². The molecule has 272 valence electrons. The van der Waals surface area contributed by atoms with Crippen LogP contribution in [0, 0.1) is 42.4 Å². The fraction of sp³-hybridized carbons (Fsp3) is 0.371. The smallest absolute Gasteiger partial charge is 0.340 e. The van der Waals surface area contributed by atoms with E-state index in [0.29, 0.717) is 43.3 Å². The van der Waals surface area contributed by atoms with Gasteiger partial charge < -0.3 is 24.4 Å². The van der Waals surface area contributed by atoms with E-state index in [1.165, 1.54) is 23.3 Å². The van der Waals surface area contributed by atoms with Gasteiger partial charge in [-0.15, -0.1) is 0 Å². The Labute approximate surface area is 300 Å². The summed E-state index contributed by atoms with van der Waals surface area (Å²) < 4.78 is 34.2. The van der Waals surface area contributed by atoms with E-state index < -0.39 is 45.8 Å². The summed E-state index contributed by atoms with van der Waals surface area (Å²) in [4.78, 5) is 58.4. The second-order valence-electron chi connectivity index (χ2n) is 11.9. The maximum Gasteiger partial charge on any atom is 0.340 e. The molecule has 0 bridgehead atoms. The van der Waals surface area contributed by atoms with Crippen molar-refractivity contribution in [3.05, 3.63) is 70.0 Å². The standard InChI is InChI=1S/C15H18N4O5S.C14H15N3O4.C6H4/c1-4-24-15(21)11-7-10(8-16)13(17-9(11)2)19-6-5-12(19)14(20)18-25(3,22)23;1-3-21-14(20)11-4-9(5-15)12(16-8(11)2)17-6-10(7-17)13(18)19;1-2-5-4-6(5)3-1/h7,12H,4-6H2,1-3H3,(H,18,20);4,10H,3,6-7H2,1-2H3,(H,18,19);1-4H. The number of hydrogen-bond donors (Lipinski definition) is 2. The molecule has 2 fully saturated rings. The number of nitrogens with one attached hydrogen (secondary N) is 1. The van der Waals surface area contributed by atoms with Crippen molar-refractivity contribution >= 4 is 45.5 Å². The molecule has 2 saturated heterocycles. The summed E-state index contributed by atoms with van der Waals surface area (Å²) in [6.07, 6.45) is 1.33. The van der Waals surface area contributed by atoms with Gasteiger partial charge in [0.2, 0.25) is 10.0 Å². The van der Waals surface area contributed by atoms with E-state index in [4.69, 9.17) is 14.6 Å². The number of pyridine rings is 2. The number of carboxylic acids is 1. The van der Waals surface area contributed by atoms with Gasteiger partial charge in [0.1, 0.15) is 29.8 Å². The van der Waals surface area contributed by atoms with Crippen LogP contribution in [0.15, 0.2) is 36.4 Å². The minimum Gasteiger partial charge on any atom is -0.481 e. The highest BCUT2D eigenvalue weighted by Crippen LogP contribution is 2.33. The molecule has 1 amide bonds. The van der Waals surface area contributed by atoms with E-state index in [9.17, 15) is 38.1 Å². The molecule has 2 N–H and O–H groups in total. The van der Waals surface area contributed by atoms with Gasteiger partial charge in [-0.25, -0.2) is 28.0 Å². The molecule has 0 spiro atoms. The number of carbonyl (C=O) groups excluding carboxylic acids is 3. The van der Waals surface area contributed by atoms with Crippen LogP contribution in [0.2, 0.25) is 0 Å². The highest BCUT2D eigenvalue weighted by atomic mass is 32.2. The molecule has 2 aliphatic heterocycles. The van der Waals surface area contributed by atoms with Crippen LogP contribution in [0.3, 0.4) is 0 Å². The first kappa shape index (κ1) is 38.7. The monoisotopic (exact) mass is 731 g/mol. The first-order valence-corrected chi connectivity index (χ1v) is 18.1. The summed E-state index contributed by atoms with van der Waals surface area (Å²) >= 11 is 0. The van der Waals surface area contributed by atoms with E-state index in [1.807, 2.05) is 16.9 Å². The maximum absolute atomic E-state index is 12.1. The summed E-state index contributed by atoms with van der Waals surface area (Å²) in [6.45, 7) is 8.15. The lowest BCUT2D eigenvalue weighted by atomic mass is 9.99. The molecule has 1 atom stereocenters. The van der Waals surface area contributed by atoms with E-state index in [0.717, 1.165) is 6.26 Å². The van der Waals surface area contributed by atoms with E-state index >= 15 is 0 Å². The molecule has 0 radical (unpaired) electrons. The Morgan fingerprint density at radius 2 is 1.40 bits per heavy atom. The predicted octanol–water partition coefficient (Wildman–Crippen LogP) is 2.72. The molecule has 52 heavy (non-hydrogen) atoms. The van der Waals surface area contributed by atoms with Crippen LogP contribution >= 0.6 is 0 Å². The van der Waals surface area contributed by atoms with Gasteiger partial charge in [0, 0.05) is 19.6 Å².